The average Bonchev–Trinajstić information content (AvgIpc) is 2.98. The lowest BCUT2D eigenvalue weighted by Crippen LogP contribution is -2.28. The standard InChI is InChI=1S/C16H14BrN5O/c1-11(22-15-8-3-2-7-14(15)19-21-22)16(23)20-18-10-12-5-4-6-13(17)9-12/h2-11H,1H3,(H,20,23)/b18-10+. The van der Waals surface area contributed by atoms with Gasteiger partial charge in [-0.1, -0.05) is 45.4 Å². The Morgan fingerprint density at radius 2 is 2.13 bits per heavy atom. The van der Waals surface area contributed by atoms with E-state index in [9.17, 15) is 4.79 Å². The van der Waals surface area contributed by atoms with Gasteiger partial charge in [0.1, 0.15) is 11.6 Å². The summed E-state index contributed by atoms with van der Waals surface area (Å²) in [6, 6.07) is 14.6. The molecule has 23 heavy (non-hydrogen) atoms. The largest absolute Gasteiger partial charge is 0.271 e. The maximum Gasteiger partial charge on any atom is 0.264 e. The van der Waals surface area contributed by atoms with Crippen LogP contribution in [0.25, 0.3) is 11.0 Å². The summed E-state index contributed by atoms with van der Waals surface area (Å²) in [5.41, 5.74) is 4.98. The molecule has 0 bridgehead atoms. The highest BCUT2D eigenvalue weighted by atomic mass is 79.9. The lowest BCUT2D eigenvalue weighted by atomic mass is 10.2. The third kappa shape index (κ3) is 3.45. The number of hydrogen-bond acceptors (Lipinski definition) is 4. The number of aromatic nitrogens is 3. The molecule has 1 aromatic heterocycles. The minimum atomic E-state index is -0.512. The van der Waals surface area contributed by atoms with Gasteiger partial charge in [0.25, 0.3) is 5.91 Å². The van der Waals surface area contributed by atoms with Gasteiger partial charge in [0.15, 0.2) is 0 Å². The molecule has 1 amide bonds. The van der Waals surface area contributed by atoms with Crippen LogP contribution >= 0.6 is 15.9 Å². The number of hydrogen-bond donors (Lipinski definition) is 1. The number of rotatable bonds is 4. The first kappa shape index (κ1) is 15.4. The highest BCUT2D eigenvalue weighted by Gasteiger charge is 2.17. The zero-order valence-electron chi connectivity index (χ0n) is 12.3. The fraction of sp³-hybridized carbons (Fsp3) is 0.125. The van der Waals surface area contributed by atoms with Crippen LogP contribution in [0.3, 0.4) is 0 Å². The molecule has 1 heterocycles. The number of hydrazone groups is 1. The number of benzene rings is 2. The van der Waals surface area contributed by atoms with Crippen LogP contribution in [0.4, 0.5) is 0 Å². The van der Waals surface area contributed by atoms with Gasteiger partial charge in [-0.2, -0.15) is 5.10 Å². The van der Waals surface area contributed by atoms with Gasteiger partial charge in [0.2, 0.25) is 0 Å². The fourth-order valence-corrected chi connectivity index (χ4v) is 2.55. The first-order chi connectivity index (χ1) is 11.1. The Kier molecular flexibility index (Phi) is 4.47. The summed E-state index contributed by atoms with van der Waals surface area (Å²) in [6.45, 7) is 1.76. The Bertz CT molecular complexity index is 874. The van der Waals surface area contributed by atoms with Crippen molar-refractivity contribution in [3.05, 3.63) is 58.6 Å². The van der Waals surface area contributed by atoms with E-state index < -0.39 is 6.04 Å². The molecule has 6 nitrogen and oxygen atoms in total. The van der Waals surface area contributed by atoms with Crippen molar-refractivity contribution >= 4 is 39.1 Å². The Labute approximate surface area is 141 Å². The van der Waals surface area contributed by atoms with Gasteiger partial charge < -0.3 is 0 Å². The second-order valence-corrected chi connectivity index (χ2v) is 5.90. The molecule has 0 saturated heterocycles. The van der Waals surface area contributed by atoms with Crippen LogP contribution < -0.4 is 5.43 Å². The number of carbonyl (C=O) groups is 1. The molecule has 116 valence electrons. The minimum Gasteiger partial charge on any atom is -0.271 e. The molecule has 0 spiro atoms. The lowest BCUT2D eigenvalue weighted by molar-refractivity contribution is -0.124. The van der Waals surface area contributed by atoms with Crippen LogP contribution in [-0.4, -0.2) is 27.1 Å². The molecule has 0 aliphatic heterocycles. The highest BCUT2D eigenvalue weighted by Crippen LogP contribution is 2.15. The Morgan fingerprint density at radius 1 is 1.30 bits per heavy atom. The zero-order valence-corrected chi connectivity index (χ0v) is 13.9. The molecule has 2 aromatic carbocycles. The molecule has 3 aromatic rings. The molecule has 0 radical (unpaired) electrons. The van der Waals surface area contributed by atoms with E-state index in [0.29, 0.717) is 0 Å². The van der Waals surface area contributed by atoms with E-state index >= 15 is 0 Å². The molecule has 0 fully saturated rings. The molecular weight excluding hydrogens is 358 g/mol. The van der Waals surface area contributed by atoms with Crippen LogP contribution in [0.5, 0.6) is 0 Å². The predicted molar refractivity (Wildman–Crippen MR) is 92.1 cm³/mol. The molecule has 0 aliphatic rings. The molecule has 1 atom stereocenters. The SMILES string of the molecule is CC(C(=O)N/N=C/c1cccc(Br)c1)n1nnc2ccccc21. The van der Waals surface area contributed by atoms with Crippen molar-refractivity contribution in [1.82, 2.24) is 20.4 Å². The van der Waals surface area contributed by atoms with Crippen LogP contribution in [0.15, 0.2) is 58.1 Å². The fourth-order valence-electron chi connectivity index (χ4n) is 2.13. The molecular formula is C16H14BrN5O. The van der Waals surface area contributed by atoms with E-state index in [1.807, 2.05) is 48.5 Å². The summed E-state index contributed by atoms with van der Waals surface area (Å²) in [4.78, 5) is 12.2. The molecule has 1 N–H and O–H groups in total. The average molecular weight is 372 g/mol. The first-order valence-electron chi connectivity index (χ1n) is 7.03. The van der Waals surface area contributed by atoms with Gasteiger partial charge in [-0.25, -0.2) is 10.1 Å². The second-order valence-electron chi connectivity index (χ2n) is 4.99. The van der Waals surface area contributed by atoms with Crippen molar-refractivity contribution in [1.29, 1.82) is 0 Å². The van der Waals surface area contributed by atoms with Gasteiger partial charge >= 0.3 is 0 Å². The summed E-state index contributed by atoms with van der Waals surface area (Å²) in [5, 5.41) is 12.1. The maximum absolute atomic E-state index is 12.2. The highest BCUT2D eigenvalue weighted by molar-refractivity contribution is 9.10. The topological polar surface area (TPSA) is 72.2 Å². The van der Waals surface area contributed by atoms with E-state index in [1.165, 1.54) is 0 Å². The molecule has 3 rings (SSSR count). The van der Waals surface area contributed by atoms with Gasteiger partial charge in [-0.15, -0.1) is 5.10 Å². The third-order valence-electron chi connectivity index (χ3n) is 3.36. The second kappa shape index (κ2) is 6.70. The normalized spacial score (nSPS) is 12.6. The quantitative estimate of drug-likeness (QED) is 0.566. The van der Waals surface area contributed by atoms with Crippen molar-refractivity contribution < 1.29 is 4.79 Å². The smallest absolute Gasteiger partial charge is 0.264 e. The summed E-state index contributed by atoms with van der Waals surface area (Å²) in [7, 11) is 0. The van der Waals surface area contributed by atoms with Crippen molar-refractivity contribution in [2.24, 2.45) is 5.10 Å². The van der Waals surface area contributed by atoms with Gasteiger partial charge in [-0.05, 0) is 36.8 Å². The van der Waals surface area contributed by atoms with E-state index in [4.69, 9.17) is 0 Å². The summed E-state index contributed by atoms with van der Waals surface area (Å²) >= 11 is 3.39. The number of fused-ring (bicyclic) bond motifs is 1. The monoisotopic (exact) mass is 371 g/mol. The Hall–Kier alpha value is -2.54. The van der Waals surface area contributed by atoms with Crippen molar-refractivity contribution in [3.8, 4) is 0 Å². The maximum atomic E-state index is 12.2. The predicted octanol–water partition coefficient (Wildman–Crippen LogP) is 2.91. The number of nitrogens with one attached hydrogen (secondary N) is 1. The van der Waals surface area contributed by atoms with Gasteiger partial charge in [0, 0.05) is 4.47 Å². The Morgan fingerprint density at radius 3 is 2.96 bits per heavy atom. The summed E-state index contributed by atoms with van der Waals surface area (Å²) in [5.74, 6) is -0.258. The van der Waals surface area contributed by atoms with Crippen LogP contribution in [0.2, 0.25) is 0 Å². The number of carbonyl (C=O) groups excluding carboxylic acids is 1. The first-order valence-corrected chi connectivity index (χ1v) is 7.83. The number of para-hydroxylation sites is 1. The van der Waals surface area contributed by atoms with E-state index in [1.54, 1.807) is 17.8 Å². The molecule has 7 heteroatoms. The van der Waals surface area contributed by atoms with Crippen molar-refractivity contribution in [2.45, 2.75) is 13.0 Å². The number of halogens is 1. The summed E-state index contributed by atoms with van der Waals surface area (Å²) < 4.78 is 2.54. The molecule has 0 aliphatic carbocycles. The summed E-state index contributed by atoms with van der Waals surface area (Å²) in [6.07, 6.45) is 1.59. The third-order valence-corrected chi connectivity index (χ3v) is 3.85. The van der Waals surface area contributed by atoms with E-state index in [2.05, 4.69) is 36.8 Å². The number of nitrogens with zero attached hydrogens (tertiary/aromatic N) is 4. The zero-order chi connectivity index (χ0) is 16.2. The lowest BCUT2D eigenvalue weighted by Gasteiger charge is -2.10. The van der Waals surface area contributed by atoms with Crippen LogP contribution in [-0.2, 0) is 4.79 Å². The Balaban J connectivity index is 1.70. The van der Waals surface area contributed by atoms with Crippen LogP contribution in [0.1, 0.15) is 18.5 Å². The van der Waals surface area contributed by atoms with E-state index in [0.717, 1.165) is 21.1 Å². The molecule has 1 unspecified atom stereocenters. The van der Waals surface area contributed by atoms with E-state index in [-0.39, 0.29) is 5.91 Å². The van der Waals surface area contributed by atoms with Gasteiger partial charge in [0.05, 0.1) is 11.7 Å². The number of amides is 1. The molecule has 0 saturated carbocycles. The van der Waals surface area contributed by atoms with Crippen molar-refractivity contribution in [3.63, 3.8) is 0 Å². The van der Waals surface area contributed by atoms with Gasteiger partial charge in [-0.3, -0.25) is 4.79 Å². The van der Waals surface area contributed by atoms with Crippen molar-refractivity contribution in [2.75, 3.05) is 0 Å². The minimum absolute atomic E-state index is 0.258. The van der Waals surface area contributed by atoms with Crippen LogP contribution in [0, 0.1) is 0 Å².